The lowest BCUT2D eigenvalue weighted by Gasteiger charge is -2.14. The summed E-state index contributed by atoms with van der Waals surface area (Å²) in [6.07, 6.45) is 3.36. The van der Waals surface area contributed by atoms with Gasteiger partial charge in [-0.2, -0.15) is 10.2 Å². The van der Waals surface area contributed by atoms with Gasteiger partial charge in [-0.15, -0.1) is 0 Å². The molecule has 2 heterocycles. The molecule has 0 aliphatic rings. The minimum Gasteiger partial charge on any atom is -0.343 e. The third-order valence-corrected chi connectivity index (χ3v) is 3.48. The van der Waals surface area contributed by atoms with Gasteiger partial charge in [0.05, 0.1) is 21.5 Å². The molecule has 6 nitrogen and oxygen atoms in total. The van der Waals surface area contributed by atoms with Crippen molar-refractivity contribution in [1.29, 1.82) is 0 Å². The molecule has 96 valence electrons. The van der Waals surface area contributed by atoms with Crippen LogP contribution in [0.5, 0.6) is 0 Å². The second-order valence-corrected chi connectivity index (χ2v) is 5.02. The lowest BCUT2D eigenvalue weighted by molar-refractivity contribution is 0.0932. The van der Waals surface area contributed by atoms with E-state index in [0.717, 1.165) is 15.8 Å². The number of aromatic amines is 1. The largest absolute Gasteiger partial charge is 0.343 e. The maximum absolute atomic E-state index is 12.0. The highest BCUT2D eigenvalue weighted by molar-refractivity contribution is 14.1. The summed E-state index contributed by atoms with van der Waals surface area (Å²) >= 11 is 2.07. The third kappa shape index (κ3) is 2.55. The van der Waals surface area contributed by atoms with Crippen molar-refractivity contribution in [3.8, 4) is 0 Å². The van der Waals surface area contributed by atoms with Gasteiger partial charge in [-0.3, -0.25) is 14.6 Å². The van der Waals surface area contributed by atoms with Gasteiger partial charge in [0.1, 0.15) is 5.69 Å². The van der Waals surface area contributed by atoms with Gasteiger partial charge >= 0.3 is 0 Å². The van der Waals surface area contributed by atoms with E-state index < -0.39 is 0 Å². The fourth-order valence-electron chi connectivity index (χ4n) is 1.75. The zero-order valence-electron chi connectivity index (χ0n) is 10.1. The van der Waals surface area contributed by atoms with E-state index >= 15 is 0 Å². The van der Waals surface area contributed by atoms with Crippen LogP contribution in [0.4, 0.5) is 0 Å². The Labute approximate surface area is 118 Å². The molecule has 0 radical (unpaired) electrons. The van der Waals surface area contributed by atoms with Gasteiger partial charge in [0.15, 0.2) is 0 Å². The molecule has 0 aliphatic carbocycles. The summed E-state index contributed by atoms with van der Waals surface area (Å²) in [4.78, 5) is 12.0. The smallest absolute Gasteiger partial charge is 0.270 e. The second-order valence-electron chi connectivity index (χ2n) is 3.86. The summed E-state index contributed by atoms with van der Waals surface area (Å²) in [7, 11) is 0. The first-order valence-corrected chi connectivity index (χ1v) is 6.72. The molecule has 2 aromatic rings. The number of carbonyl (C=O) groups is 1. The standard InChI is InChI=1S/C11H14IN5O/c1-3-17-9(4-5-14-17)7(2)15-11(18)10-8(12)6-13-16-10/h4-7H,3H2,1-2H3,(H,13,16)(H,15,18). The van der Waals surface area contributed by atoms with Crippen molar-refractivity contribution < 1.29 is 4.79 Å². The molecule has 0 fully saturated rings. The van der Waals surface area contributed by atoms with E-state index in [2.05, 4.69) is 43.2 Å². The van der Waals surface area contributed by atoms with Crippen LogP contribution in [0.25, 0.3) is 0 Å². The van der Waals surface area contributed by atoms with Crippen molar-refractivity contribution >= 4 is 28.5 Å². The van der Waals surface area contributed by atoms with Crippen LogP contribution < -0.4 is 5.32 Å². The topological polar surface area (TPSA) is 75.6 Å². The molecule has 0 saturated heterocycles. The number of halogens is 1. The first-order chi connectivity index (χ1) is 8.63. The summed E-state index contributed by atoms with van der Waals surface area (Å²) in [6.45, 7) is 4.73. The number of carbonyl (C=O) groups excluding carboxylic acids is 1. The average molecular weight is 359 g/mol. The van der Waals surface area contributed by atoms with Crippen LogP contribution >= 0.6 is 22.6 Å². The third-order valence-electron chi connectivity index (χ3n) is 2.66. The summed E-state index contributed by atoms with van der Waals surface area (Å²) in [6, 6.07) is 1.81. The molecule has 0 saturated carbocycles. The highest BCUT2D eigenvalue weighted by Gasteiger charge is 2.17. The van der Waals surface area contributed by atoms with Crippen LogP contribution in [-0.2, 0) is 6.54 Å². The Balaban J connectivity index is 2.10. The van der Waals surface area contributed by atoms with Crippen LogP contribution in [0, 0.1) is 3.57 Å². The number of nitrogens with zero attached hydrogens (tertiary/aromatic N) is 3. The van der Waals surface area contributed by atoms with E-state index in [1.54, 1.807) is 12.4 Å². The number of H-pyrrole nitrogens is 1. The molecule has 1 amide bonds. The lowest BCUT2D eigenvalue weighted by Crippen LogP contribution is -2.29. The summed E-state index contributed by atoms with van der Waals surface area (Å²) in [5.41, 5.74) is 1.48. The summed E-state index contributed by atoms with van der Waals surface area (Å²) in [5.74, 6) is -0.159. The molecule has 0 spiro atoms. The van der Waals surface area contributed by atoms with Crippen molar-refractivity contribution in [1.82, 2.24) is 25.3 Å². The fraction of sp³-hybridized carbons (Fsp3) is 0.364. The van der Waals surface area contributed by atoms with Crippen molar-refractivity contribution in [2.75, 3.05) is 0 Å². The average Bonchev–Trinajstić information content (AvgIpc) is 2.96. The van der Waals surface area contributed by atoms with Gasteiger partial charge < -0.3 is 5.32 Å². The van der Waals surface area contributed by atoms with Crippen LogP contribution in [0.15, 0.2) is 18.5 Å². The van der Waals surface area contributed by atoms with E-state index in [1.165, 1.54) is 0 Å². The first kappa shape index (κ1) is 13.1. The first-order valence-electron chi connectivity index (χ1n) is 5.65. The Morgan fingerprint density at radius 3 is 3.06 bits per heavy atom. The molecule has 2 rings (SSSR count). The SMILES string of the molecule is CCn1nccc1C(C)NC(=O)c1[nH]ncc1I. The molecule has 2 N–H and O–H groups in total. The molecular formula is C11H14IN5O. The van der Waals surface area contributed by atoms with Gasteiger partial charge in [0, 0.05) is 12.7 Å². The Morgan fingerprint density at radius 2 is 2.44 bits per heavy atom. The molecule has 0 aliphatic heterocycles. The van der Waals surface area contributed by atoms with E-state index in [4.69, 9.17) is 0 Å². The molecule has 0 aromatic carbocycles. The van der Waals surface area contributed by atoms with E-state index in [0.29, 0.717) is 5.69 Å². The Bertz CT molecular complexity index is 547. The van der Waals surface area contributed by atoms with Crippen LogP contribution in [-0.4, -0.2) is 25.9 Å². The molecule has 18 heavy (non-hydrogen) atoms. The van der Waals surface area contributed by atoms with Gasteiger partial charge in [-0.05, 0) is 42.5 Å². The Morgan fingerprint density at radius 1 is 1.67 bits per heavy atom. The summed E-state index contributed by atoms with van der Waals surface area (Å²) < 4.78 is 2.67. The van der Waals surface area contributed by atoms with Gasteiger partial charge in [0.2, 0.25) is 0 Å². The lowest BCUT2D eigenvalue weighted by atomic mass is 10.2. The van der Waals surface area contributed by atoms with E-state index in [1.807, 2.05) is 24.6 Å². The van der Waals surface area contributed by atoms with Gasteiger partial charge in [-0.25, -0.2) is 0 Å². The predicted molar refractivity (Wildman–Crippen MR) is 75.1 cm³/mol. The van der Waals surface area contributed by atoms with Gasteiger partial charge in [0.25, 0.3) is 5.91 Å². The number of rotatable bonds is 4. The molecule has 0 bridgehead atoms. The van der Waals surface area contributed by atoms with Crippen molar-refractivity contribution in [3.63, 3.8) is 0 Å². The maximum Gasteiger partial charge on any atom is 0.270 e. The maximum atomic E-state index is 12.0. The monoisotopic (exact) mass is 359 g/mol. The van der Waals surface area contributed by atoms with Crippen LogP contribution in [0.1, 0.15) is 36.1 Å². The number of aryl methyl sites for hydroxylation is 1. The minimum atomic E-state index is -0.159. The Hall–Kier alpha value is -1.38. The predicted octanol–water partition coefficient (Wildman–Crippen LogP) is 1.72. The second kappa shape index (κ2) is 5.51. The molecule has 7 heteroatoms. The van der Waals surface area contributed by atoms with Crippen LogP contribution in [0.3, 0.4) is 0 Å². The van der Waals surface area contributed by atoms with Crippen molar-refractivity contribution in [2.45, 2.75) is 26.4 Å². The molecule has 1 unspecified atom stereocenters. The fourth-order valence-corrected chi connectivity index (χ4v) is 2.25. The zero-order valence-corrected chi connectivity index (χ0v) is 12.3. The number of aromatic nitrogens is 4. The highest BCUT2D eigenvalue weighted by atomic mass is 127. The quantitative estimate of drug-likeness (QED) is 0.817. The van der Waals surface area contributed by atoms with E-state index in [9.17, 15) is 4.79 Å². The number of hydrogen-bond acceptors (Lipinski definition) is 3. The van der Waals surface area contributed by atoms with Crippen LogP contribution in [0.2, 0.25) is 0 Å². The van der Waals surface area contributed by atoms with Gasteiger partial charge in [-0.1, -0.05) is 0 Å². The molecule has 2 aromatic heterocycles. The van der Waals surface area contributed by atoms with Crippen molar-refractivity contribution in [2.24, 2.45) is 0 Å². The molecular weight excluding hydrogens is 345 g/mol. The number of amides is 1. The Kier molecular flexibility index (Phi) is 4.00. The molecule has 1 atom stereocenters. The van der Waals surface area contributed by atoms with Crippen molar-refractivity contribution in [3.05, 3.63) is 33.4 Å². The normalized spacial score (nSPS) is 12.4. The highest BCUT2D eigenvalue weighted by Crippen LogP contribution is 2.14. The number of nitrogens with one attached hydrogen (secondary N) is 2. The minimum absolute atomic E-state index is 0.0981. The number of hydrogen-bond donors (Lipinski definition) is 2. The van der Waals surface area contributed by atoms with E-state index in [-0.39, 0.29) is 11.9 Å². The summed E-state index contributed by atoms with van der Waals surface area (Å²) in [5, 5.41) is 13.6. The zero-order chi connectivity index (χ0) is 13.1.